The average molecular weight is 399 g/mol. The van der Waals surface area contributed by atoms with E-state index in [0.717, 1.165) is 64.1 Å². The number of piperazine rings is 1. The third-order valence-electron chi connectivity index (χ3n) is 6.14. The summed E-state index contributed by atoms with van der Waals surface area (Å²) in [5.41, 5.74) is 2.71. The molecule has 0 amide bonds. The minimum Gasteiger partial charge on any atom is -0.396 e. The molecular weight excluding hydrogens is 364 g/mol. The SMILES string of the molecule is Cc1ccc(C2CC(=O)C(=CCCCN3CCN(CCCO)CC3)C(=O)C2)cc1. The number of carbonyl (C=O) groups is 2. The van der Waals surface area contributed by atoms with E-state index in [1.807, 2.05) is 37.3 Å². The molecule has 0 spiro atoms. The number of ketones is 2. The molecule has 3 rings (SSSR count). The van der Waals surface area contributed by atoms with E-state index in [0.29, 0.717) is 18.4 Å². The van der Waals surface area contributed by atoms with Gasteiger partial charge in [-0.05, 0) is 44.2 Å². The summed E-state index contributed by atoms with van der Waals surface area (Å²) in [6.07, 6.45) is 5.37. The second-order valence-electron chi connectivity index (χ2n) is 8.38. The van der Waals surface area contributed by atoms with Crippen LogP contribution < -0.4 is 0 Å². The Balaban J connectivity index is 1.42. The Hall–Kier alpha value is -1.82. The number of hydrogen-bond acceptors (Lipinski definition) is 5. The van der Waals surface area contributed by atoms with E-state index in [-0.39, 0.29) is 24.1 Å². The van der Waals surface area contributed by atoms with Crippen molar-refractivity contribution in [2.75, 3.05) is 45.9 Å². The Morgan fingerprint density at radius 2 is 1.48 bits per heavy atom. The van der Waals surface area contributed by atoms with Crippen molar-refractivity contribution in [1.82, 2.24) is 9.80 Å². The van der Waals surface area contributed by atoms with Crippen LogP contribution in [0.5, 0.6) is 0 Å². The molecule has 2 aliphatic rings. The molecule has 1 saturated heterocycles. The van der Waals surface area contributed by atoms with Crippen molar-refractivity contribution in [3.8, 4) is 0 Å². The van der Waals surface area contributed by atoms with Crippen LogP contribution in [0.1, 0.15) is 49.1 Å². The zero-order valence-electron chi connectivity index (χ0n) is 17.6. The molecule has 0 radical (unpaired) electrons. The third-order valence-corrected chi connectivity index (χ3v) is 6.14. The maximum atomic E-state index is 12.6. The quantitative estimate of drug-likeness (QED) is 0.414. The maximum absolute atomic E-state index is 12.6. The topological polar surface area (TPSA) is 60.9 Å². The molecule has 1 N–H and O–H groups in total. The molecule has 5 heteroatoms. The molecule has 1 aliphatic heterocycles. The number of nitrogens with zero attached hydrogens (tertiary/aromatic N) is 2. The van der Waals surface area contributed by atoms with Crippen molar-refractivity contribution in [2.45, 2.75) is 44.9 Å². The van der Waals surface area contributed by atoms with Crippen molar-refractivity contribution in [3.63, 3.8) is 0 Å². The first-order valence-corrected chi connectivity index (χ1v) is 11.0. The largest absolute Gasteiger partial charge is 0.396 e. The van der Waals surface area contributed by atoms with E-state index in [1.54, 1.807) is 0 Å². The number of hydrogen-bond donors (Lipinski definition) is 1. The number of aryl methyl sites for hydroxylation is 1. The molecule has 1 aliphatic carbocycles. The van der Waals surface area contributed by atoms with E-state index >= 15 is 0 Å². The minimum absolute atomic E-state index is 0.00400. The van der Waals surface area contributed by atoms with E-state index in [2.05, 4.69) is 9.80 Å². The van der Waals surface area contributed by atoms with E-state index in [9.17, 15) is 9.59 Å². The van der Waals surface area contributed by atoms with E-state index in [4.69, 9.17) is 5.11 Å². The predicted molar refractivity (Wildman–Crippen MR) is 115 cm³/mol. The van der Waals surface area contributed by atoms with Gasteiger partial charge < -0.3 is 14.9 Å². The second kappa shape index (κ2) is 10.8. The number of carbonyl (C=O) groups excluding carboxylic acids is 2. The summed E-state index contributed by atoms with van der Waals surface area (Å²) >= 11 is 0. The molecule has 0 atom stereocenters. The van der Waals surface area contributed by atoms with Gasteiger partial charge in [-0.2, -0.15) is 0 Å². The minimum atomic E-state index is 0.00400. The van der Waals surface area contributed by atoms with Crippen LogP contribution in [0.2, 0.25) is 0 Å². The zero-order chi connectivity index (χ0) is 20.6. The number of rotatable bonds is 8. The van der Waals surface area contributed by atoms with Crippen molar-refractivity contribution >= 4 is 11.6 Å². The van der Waals surface area contributed by atoms with Gasteiger partial charge in [-0.1, -0.05) is 35.9 Å². The summed E-state index contributed by atoms with van der Waals surface area (Å²) in [5.74, 6) is 0.0310. The first kappa shape index (κ1) is 21.9. The van der Waals surface area contributed by atoms with Crippen molar-refractivity contribution < 1.29 is 14.7 Å². The summed E-state index contributed by atoms with van der Waals surface area (Å²) in [6.45, 7) is 8.50. The first-order chi connectivity index (χ1) is 14.1. The molecule has 1 aromatic rings. The average Bonchev–Trinajstić information content (AvgIpc) is 2.72. The van der Waals surface area contributed by atoms with E-state index < -0.39 is 0 Å². The smallest absolute Gasteiger partial charge is 0.166 e. The second-order valence-corrected chi connectivity index (χ2v) is 8.38. The number of unbranched alkanes of at least 4 members (excludes halogenated alkanes) is 1. The van der Waals surface area contributed by atoms with Gasteiger partial charge in [-0.25, -0.2) is 0 Å². The molecular formula is C24H34N2O3. The van der Waals surface area contributed by atoms with Crippen LogP contribution in [0.4, 0.5) is 0 Å². The number of Topliss-reactive ketones (excluding diaryl/α,β-unsaturated/α-hetero) is 2. The van der Waals surface area contributed by atoms with Crippen molar-refractivity contribution in [3.05, 3.63) is 47.0 Å². The fourth-order valence-electron chi connectivity index (χ4n) is 4.29. The van der Waals surface area contributed by atoms with Crippen LogP contribution in [0.15, 0.2) is 35.9 Å². The van der Waals surface area contributed by atoms with Crippen molar-refractivity contribution in [2.24, 2.45) is 0 Å². The standard InChI is InChI=1S/C24H34N2O3/c1-19-6-8-20(9-7-19)21-17-23(28)22(24(29)18-21)5-2-3-10-25-12-14-26(15-13-25)11-4-16-27/h5-9,21,27H,2-4,10-18H2,1H3. The van der Waals surface area contributed by atoms with Gasteiger partial charge in [0.2, 0.25) is 0 Å². The fraction of sp³-hybridized carbons (Fsp3) is 0.583. The van der Waals surface area contributed by atoms with Gasteiger partial charge in [-0.15, -0.1) is 0 Å². The van der Waals surface area contributed by atoms with Gasteiger partial charge in [0, 0.05) is 52.2 Å². The van der Waals surface area contributed by atoms with Crippen LogP contribution in [0, 0.1) is 6.92 Å². The van der Waals surface area contributed by atoms with Crippen LogP contribution in [0.3, 0.4) is 0 Å². The van der Waals surface area contributed by atoms with Crippen LogP contribution in [-0.2, 0) is 9.59 Å². The third kappa shape index (κ3) is 6.33. The lowest BCUT2D eigenvalue weighted by molar-refractivity contribution is -0.124. The lowest BCUT2D eigenvalue weighted by Crippen LogP contribution is -2.46. The molecule has 1 saturated carbocycles. The monoisotopic (exact) mass is 398 g/mol. The van der Waals surface area contributed by atoms with Gasteiger partial charge in [0.05, 0.1) is 5.57 Å². The van der Waals surface area contributed by atoms with Crippen LogP contribution in [-0.4, -0.2) is 72.3 Å². The number of aliphatic hydroxyl groups is 1. The molecule has 158 valence electrons. The number of aliphatic hydroxyl groups excluding tert-OH is 1. The molecule has 0 bridgehead atoms. The Kier molecular flexibility index (Phi) is 8.16. The lowest BCUT2D eigenvalue weighted by Gasteiger charge is -2.34. The Bertz CT molecular complexity index is 698. The molecule has 0 unspecified atom stereocenters. The molecule has 0 aromatic heterocycles. The summed E-state index contributed by atoms with van der Waals surface area (Å²) in [5, 5.41) is 8.93. The molecule has 5 nitrogen and oxygen atoms in total. The Morgan fingerprint density at radius 1 is 0.931 bits per heavy atom. The van der Waals surface area contributed by atoms with Gasteiger partial charge in [0.25, 0.3) is 0 Å². The number of allylic oxidation sites excluding steroid dienone is 2. The van der Waals surface area contributed by atoms with Gasteiger partial charge >= 0.3 is 0 Å². The molecule has 1 heterocycles. The first-order valence-electron chi connectivity index (χ1n) is 11.0. The predicted octanol–water partition coefficient (Wildman–Crippen LogP) is 2.72. The van der Waals surface area contributed by atoms with Crippen molar-refractivity contribution in [1.29, 1.82) is 0 Å². The molecule has 1 aromatic carbocycles. The highest BCUT2D eigenvalue weighted by Gasteiger charge is 2.30. The highest BCUT2D eigenvalue weighted by Crippen LogP contribution is 2.31. The highest BCUT2D eigenvalue weighted by atomic mass is 16.3. The summed E-state index contributed by atoms with van der Waals surface area (Å²) < 4.78 is 0. The molecule has 29 heavy (non-hydrogen) atoms. The normalized spacial score (nSPS) is 21.6. The van der Waals surface area contributed by atoms with Crippen LogP contribution >= 0.6 is 0 Å². The number of benzene rings is 1. The maximum Gasteiger partial charge on any atom is 0.166 e. The molecule has 2 fully saturated rings. The summed E-state index contributed by atoms with van der Waals surface area (Å²) in [7, 11) is 0. The van der Waals surface area contributed by atoms with Crippen LogP contribution in [0.25, 0.3) is 0 Å². The Morgan fingerprint density at radius 3 is 2.03 bits per heavy atom. The summed E-state index contributed by atoms with van der Waals surface area (Å²) in [4.78, 5) is 30.0. The van der Waals surface area contributed by atoms with Gasteiger partial charge in [0.15, 0.2) is 11.6 Å². The van der Waals surface area contributed by atoms with E-state index in [1.165, 1.54) is 5.56 Å². The van der Waals surface area contributed by atoms with Gasteiger partial charge in [-0.3, -0.25) is 9.59 Å². The van der Waals surface area contributed by atoms with Gasteiger partial charge in [0.1, 0.15) is 0 Å². The Labute approximate surface area is 174 Å². The highest BCUT2D eigenvalue weighted by molar-refractivity contribution is 6.22. The summed E-state index contributed by atoms with van der Waals surface area (Å²) in [6, 6.07) is 8.17. The fourth-order valence-corrected chi connectivity index (χ4v) is 4.29. The zero-order valence-corrected chi connectivity index (χ0v) is 17.6. The lowest BCUT2D eigenvalue weighted by atomic mass is 9.79.